The van der Waals surface area contributed by atoms with E-state index in [1.165, 1.54) is 11.8 Å². The number of anilines is 1. The summed E-state index contributed by atoms with van der Waals surface area (Å²) in [5, 5.41) is 0. The Balaban J connectivity index is 3.18. The minimum Gasteiger partial charge on any atom is -0.405 e. The molecule has 1 aromatic carbocycles. The zero-order valence-corrected chi connectivity index (χ0v) is 8.12. The van der Waals surface area contributed by atoms with Crippen molar-refractivity contribution >= 4 is 11.8 Å². The standard InChI is InChI=1S/C11H16N2/c1-8(2)10-5-3-4-9(6-7-12)11(10)13/h3-8H,12-13H2,1-2H3/b7-6-. The third-order valence-corrected chi connectivity index (χ3v) is 2.07. The molecular weight excluding hydrogens is 160 g/mol. The van der Waals surface area contributed by atoms with Crippen LogP contribution >= 0.6 is 0 Å². The fraction of sp³-hybridized carbons (Fsp3) is 0.273. The van der Waals surface area contributed by atoms with Crippen molar-refractivity contribution in [3.8, 4) is 0 Å². The third-order valence-electron chi connectivity index (χ3n) is 2.07. The van der Waals surface area contributed by atoms with Crippen LogP contribution in [0.4, 0.5) is 5.69 Å². The number of nitrogen functional groups attached to an aromatic ring is 1. The second-order valence-electron chi connectivity index (χ2n) is 3.36. The van der Waals surface area contributed by atoms with E-state index in [0.29, 0.717) is 5.92 Å². The van der Waals surface area contributed by atoms with E-state index in [4.69, 9.17) is 11.5 Å². The third kappa shape index (κ3) is 2.02. The Morgan fingerprint density at radius 3 is 2.54 bits per heavy atom. The van der Waals surface area contributed by atoms with Crippen LogP contribution in [0.15, 0.2) is 24.4 Å². The summed E-state index contributed by atoms with van der Waals surface area (Å²) in [7, 11) is 0. The second-order valence-corrected chi connectivity index (χ2v) is 3.36. The van der Waals surface area contributed by atoms with Crippen LogP contribution in [-0.2, 0) is 0 Å². The largest absolute Gasteiger partial charge is 0.405 e. The van der Waals surface area contributed by atoms with Gasteiger partial charge in [-0.1, -0.05) is 32.0 Å². The molecule has 4 N–H and O–H groups in total. The van der Waals surface area contributed by atoms with Gasteiger partial charge in [0.15, 0.2) is 0 Å². The fourth-order valence-electron chi connectivity index (χ4n) is 1.35. The van der Waals surface area contributed by atoms with Crippen molar-refractivity contribution in [3.63, 3.8) is 0 Å². The van der Waals surface area contributed by atoms with Gasteiger partial charge in [-0.15, -0.1) is 0 Å². The lowest BCUT2D eigenvalue weighted by molar-refractivity contribution is 0.869. The van der Waals surface area contributed by atoms with Gasteiger partial charge >= 0.3 is 0 Å². The highest BCUT2D eigenvalue weighted by Gasteiger charge is 2.05. The van der Waals surface area contributed by atoms with E-state index in [-0.39, 0.29) is 0 Å². The topological polar surface area (TPSA) is 52.0 Å². The normalized spacial score (nSPS) is 11.3. The van der Waals surface area contributed by atoms with Crippen LogP contribution in [0.3, 0.4) is 0 Å². The molecule has 0 atom stereocenters. The molecule has 0 radical (unpaired) electrons. The van der Waals surface area contributed by atoms with Crippen LogP contribution in [0.5, 0.6) is 0 Å². The van der Waals surface area contributed by atoms with E-state index in [1.54, 1.807) is 0 Å². The number of hydrogen-bond donors (Lipinski definition) is 2. The molecule has 0 saturated carbocycles. The molecule has 0 aliphatic rings. The van der Waals surface area contributed by atoms with Crippen molar-refractivity contribution in [2.24, 2.45) is 5.73 Å². The van der Waals surface area contributed by atoms with E-state index in [1.807, 2.05) is 24.3 Å². The molecule has 0 fully saturated rings. The summed E-state index contributed by atoms with van der Waals surface area (Å²) in [5.74, 6) is 0.450. The SMILES string of the molecule is CC(C)c1cccc(/C=C\N)c1N. The smallest absolute Gasteiger partial charge is 0.0423 e. The fourth-order valence-corrected chi connectivity index (χ4v) is 1.35. The summed E-state index contributed by atoms with van der Waals surface area (Å²) in [4.78, 5) is 0. The van der Waals surface area contributed by atoms with Gasteiger partial charge in [0.05, 0.1) is 0 Å². The Bertz CT molecular complexity index is 314. The summed E-state index contributed by atoms with van der Waals surface area (Å²) < 4.78 is 0. The van der Waals surface area contributed by atoms with Crippen LogP contribution in [-0.4, -0.2) is 0 Å². The number of benzene rings is 1. The predicted octanol–water partition coefficient (Wildman–Crippen LogP) is 2.32. The van der Waals surface area contributed by atoms with Crippen molar-refractivity contribution in [2.45, 2.75) is 19.8 Å². The minimum atomic E-state index is 0.450. The van der Waals surface area contributed by atoms with Gasteiger partial charge in [0.1, 0.15) is 0 Å². The lowest BCUT2D eigenvalue weighted by Crippen LogP contribution is -1.98. The van der Waals surface area contributed by atoms with Gasteiger partial charge in [-0.25, -0.2) is 0 Å². The maximum atomic E-state index is 5.96. The van der Waals surface area contributed by atoms with Crippen LogP contribution < -0.4 is 11.5 Å². The van der Waals surface area contributed by atoms with E-state index < -0.39 is 0 Å². The highest BCUT2D eigenvalue weighted by Crippen LogP contribution is 2.25. The van der Waals surface area contributed by atoms with Gasteiger partial charge in [-0.3, -0.25) is 0 Å². The average Bonchev–Trinajstić information content (AvgIpc) is 2.08. The molecule has 0 aliphatic carbocycles. The summed E-state index contributed by atoms with van der Waals surface area (Å²) in [6, 6.07) is 6.01. The summed E-state index contributed by atoms with van der Waals surface area (Å²) in [6.45, 7) is 4.25. The van der Waals surface area contributed by atoms with Crippen molar-refractivity contribution in [1.29, 1.82) is 0 Å². The number of hydrogen-bond acceptors (Lipinski definition) is 2. The molecule has 0 spiro atoms. The highest BCUT2D eigenvalue weighted by molar-refractivity contribution is 5.67. The first-order valence-corrected chi connectivity index (χ1v) is 4.43. The predicted molar refractivity (Wildman–Crippen MR) is 58.2 cm³/mol. The zero-order chi connectivity index (χ0) is 9.84. The maximum Gasteiger partial charge on any atom is 0.0423 e. The second kappa shape index (κ2) is 3.99. The van der Waals surface area contributed by atoms with Gasteiger partial charge in [0, 0.05) is 5.69 Å². The highest BCUT2D eigenvalue weighted by atomic mass is 14.6. The minimum absolute atomic E-state index is 0.450. The molecular formula is C11H16N2. The molecule has 0 aliphatic heterocycles. The van der Waals surface area contributed by atoms with Crippen LogP contribution in [0.1, 0.15) is 30.9 Å². The van der Waals surface area contributed by atoms with Crippen LogP contribution in [0.25, 0.3) is 6.08 Å². The van der Waals surface area contributed by atoms with Gasteiger partial charge in [0.2, 0.25) is 0 Å². The van der Waals surface area contributed by atoms with E-state index in [2.05, 4.69) is 13.8 Å². The molecule has 0 saturated heterocycles. The van der Waals surface area contributed by atoms with E-state index in [0.717, 1.165) is 11.3 Å². The van der Waals surface area contributed by atoms with Gasteiger partial charge in [-0.05, 0) is 29.3 Å². The molecule has 0 amide bonds. The zero-order valence-electron chi connectivity index (χ0n) is 8.12. The molecule has 2 nitrogen and oxygen atoms in total. The van der Waals surface area contributed by atoms with Gasteiger partial charge in [-0.2, -0.15) is 0 Å². The molecule has 0 unspecified atom stereocenters. The summed E-state index contributed by atoms with van der Waals surface area (Å²) >= 11 is 0. The Morgan fingerprint density at radius 1 is 1.31 bits per heavy atom. The summed E-state index contributed by atoms with van der Waals surface area (Å²) in [6.07, 6.45) is 3.33. The quantitative estimate of drug-likeness (QED) is 0.679. The molecule has 0 aromatic heterocycles. The molecule has 70 valence electrons. The van der Waals surface area contributed by atoms with Crippen molar-refractivity contribution < 1.29 is 0 Å². The number of nitrogens with two attached hydrogens (primary N) is 2. The van der Waals surface area contributed by atoms with Crippen LogP contribution in [0.2, 0.25) is 0 Å². The molecule has 1 aromatic rings. The first-order chi connectivity index (χ1) is 6.16. The Morgan fingerprint density at radius 2 is 2.00 bits per heavy atom. The van der Waals surface area contributed by atoms with Crippen molar-refractivity contribution in [1.82, 2.24) is 0 Å². The molecule has 13 heavy (non-hydrogen) atoms. The van der Waals surface area contributed by atoms with Crippen molar-refractivity contribution in [3.05, 3.63) is 35.5 Å². The first kappa shape index (κ1) is 9.65. The molecule has 1 rings (SSSR count). The lowest BCUT2D eigenvalue weighted by atomic mass is 9.98. The molecule has 0 heterocycles. The number of rotatable bonds is 2. The van der Waals surface area contributed by atoms with E-state index in [9.17, 15) is 0 Å². The molecule has 0 bridgehead atoms. The van der Waals surface area contributed by atoms with Gasteiger partial charge < -0.3 is 11.5 Å². The Labute approximate surface area is 79.2 Å². The maximum absolute atomic E-state index is 5.96. The number of para-hydroxylation sites is 1. The van der Waals surface area contributed by atoms with E-state index >= 15 is 0 Å². The average molecular weight is 176 g/mol. The lowest BCUT2D eigenvalue weighted by Gasteiger charge is -2.11. The monoisotopic (exact) mass is 176 g/mol. The first-order valence-electron chi connectivity index (χ1n) is 4.43. The Hall–Kier alpha value is -1.44. The van der Waals surface area contributed by atoms with Gasteiger partial charge in [0.25, 0.3) is 0 Å². The summed E-state index contributed by atoms with van der Waals surface area (Å²) in [5.41, 5.74) is 14.3. The Kier molecular flexibility index (Phi) is 2.96. The van der Waals surface area contributed by atoms with Crippen LogP contribution in [0, 0.1) is 0 Å². The molecule has 2 heteroatoms. The van der Waals surface area contributed by atoms with Crippen molar-refractivity contribution in [2.75, 3.05) is 5.73 Å².